The van der Waals surface area contributed by atoms with E-state index in [1.54, 1.807) is 12.1 Å². The van der Waals surface area contributed by atoms with Crippen molar-refractivity contribution in [3.05, 3.63) is 63.9 Å². The minimum Gasteiger partial charge on any atom is -0.489 e. The Morgan fingerprint density at radius 1 is 1.33 bits per heavy atom. The number of fused-ring (bicyclic) bond motifs is 1. The minimum atomic E-state index is -0.405. The molecule has 1 unspecified atom stereocenters. The van der Waals surface area contributed by atoms with Crippen molar-refractivity contribution in [2.24, 2.45) is 0 Å². The molecule has 0 aliphatic heterocycles. The lowest BCUT2D eigenvalue weighted by atomic mass is 10.1. The van der Waals surface area contributed by atoms with E-state index in [0.29, 0.717) is 12.6 Å². The number of rotatable bonds is 4. The molecule has 4 heteroatoms. The third kappa shape index (κ3) is 2.89. The second-order valence-corrected chi connectivity index (χ2v) is 5.65. The fraction of sp³-hybridized carbons (Fsp3) is 0.294. The molecule has 1 aliphatic rings. The summed E-state index contributed by atoms with van der Waals surface area (Å²) in [5.41, 5.74) is 3.44. The Labute approximate surface area is 128 Å². The molecular weight excluding hydrogens is 289 g/mol. The first-order chi connectivity index (χ1) is 10.2. The maximum absolute atomic E-state index is 13.1. The fourth-order valence-corrected chi connectivity index (χ4v) is 3.05. The zero-order valence-electron chi connectivity index (χ0n) is 11.8. The van der Waals surface area contributed by atoms with Crippen molar-refractivity contribution in [1.82, 2.24) is 5.32 Å². The van der Waals surface area contributed by atoms with Crippen molar-refractivity contribution >= 4 is 11.6 Å². The molecule has 110 valence electrons. The summed E-state index contributed by atoms with van der Waals surface area (Å²) >= 11 is 5.79. The summed E-state index contributed by atoms with van der Waals surface area (Å²) in [6.07, 6.45) is 2.11. The largest absolute Gasteiger partial charge is 0.489 e. The molecule has 2 nitrogen and oxygen atoms in total. The van der Waals surface area contributed by atoms with Gasteiger partial charge in [0.1, 0.15) is 18.2 Å². The third-order valence-corrected chi connectivity index (χ3v) is 4.24. The van der Waals surface area contributed by atoms with Gasteiger partial charge in [-0.15, -0.1) is 0 Å². The Kier molecular flexibility index (Phi) is 4.13. The first kappa shape index (κ1) is 14.4. The smallest absolute Gasteiger partial charge is 0.141 e. The van der Waals surface area contributed by atoms with Crippen LogP contribution in [0.3, 0.4) is 0 Å². The van der Waals surface area contributed by atoms with Crippen LogP contribution in [0.4, 0.5) is 4.39 Å². The Morgan fingerprint density at radius 3 is 2.95 bits per heavy atom. The van der Waals surface area contributed by atoms with Gasteiger partial charge in [0.25, 0.3) is 0 Å². The van der Waals surface area contributed by atoms with Crippen LogP contribution >= 0.6 is 11.6 Å². The van der Waals surface area contributed by atoms with E-state index in [1.165, 1.54) is 17.2 Å². The quantitative estimate of drug-likeness (QED) is 0.911. The third-order valence-electron chi connectivity index (χ3n) is 3.95. The van der Waals surface area contributed by atoms with Crippen molar-refractivity contribution < 1.29 is 9.13 Å². The number of benzene rings is 2. The second kappa shape index (κ2) is 6.04. The Balaban J connectivity index is 1.77. The maximum Gasteiger partial charge on any atom is 0.141 e. The van der Waals surface area contributed by atoms with Gasteiger partial charge in [0, 0.05) is 6.04 Å². The van der Waals surface area contributed by atoms with E-state index < -0.39 is 5.82 Å². The molecule has 0 saturated carbocycles. The molecule has 1 atom stereocenters. The van der Waals surface area contributed by atoms with Crippen molar-refractivity contribution in [2.45, 2.75) is 25.5 Å². The molecule has 2 aromatic rings. The highest BCUT2D eigenvalue weighted by Crippen LogP contribution is 2.36. The van der Waals surface area contributed by atoms with E-state index in [2.05, 4.69) is 11.4 Å². The number of nitrogens with one attached hydrogen (secondary N) is 1. The van der Waals surface area contributed by atoms with Gasteiger partial charge in [-0.25, -0.2) is 4.39 Å². The summed E-state index contributed by atoms with van der Waals surface area (Å²) < 4.78 is 19.1. The molecule has 0 saturated heterocycles. The van der Waals surface area contributed by atoms with Crippen molar-refractivity contribution in [3.8, 4) is 5.75 Å². The summed E-state index contributed by atoms with van der Waals surface area (Å²) in [5.74, 6) is 0.503. The topological polar surface area (TPSA) is 21.3 Å². The summed E-state index contributed by atoms with van der Waals surface area (Å²) in [5, 5.41) is 3.45. The van der Waals surface area contributed by atoms with Crippen LogP contribution in [0.2, 0.25) is 5.02 Å². The number of hydrogen-bond acceptors (Lipinski definition) is 2. The number of hydrogen-bond donors (Lipinski definition) is 1. The highest BCUT2D eigenvalue weighted by Gasteiger charge is 2.23. The lowest BCUT2D eigenvalue weighted by Crippen LogP contribution is -2.12. The normalized spacial score (nSPS) is 16.8. The summed E-state index contributed by atoms with van der Waals surface area (Å²) in [7, 11) is 1.98. The fourth-order valence-electron chi connectivity index (χ4n) is 2.85. The van der Waals surface area contributed by atoms with E-state index in [-0.39, 0.29) is 5.02 Å². The molecule has 1 N–H and O–H groups in total. The van der Waals surface area contributed by atoms with E-state index >= 15 is 0 Å². The standard InChI is InChI=1S/C17H17ClFNO/c1-20-16-8-6-13-12(16)3-2-4-17(13)21-10-11-5-7-15(19)14(18)9-11/h2-5,7,9,16,20H,6,8,10H2,1H3. The molecule has 0 radical (unpaired) electrons. The molecule has 0 heterocycles. The minimum absolute atomic E-state index is 0.129. The van der Waals surface area contributed by atoms with Crippen LogP contribution in [0.25, 0.3) is 0 Å². The maximum atomic E-state index is 13.1. The van der Waals surface area contributed by atoms with E-state index in [1.807, 2.05) is 19.2 Å². The van der Waals surface area contributed by atoms with Crippen LogP contribution in [0, 0.1) is 5.82 Å². The molecule has 3 rings (SSSR count). The van der Waals surface area contributed by atoms with Crippen LogP contribution in [0.5, 0.6) is 5.75 Å². The highest BCUT2D eigenvalue weighted by molar-refractivity contribution is 6.30. The molecule has 0 aromatic heterocycles. The predicted octanol–water partition coefficient (Wildman–Crippen LogP) is 4.26. The Bertz CT molecular complexity index is 659. The zero-order chi connectivity index (χ0) is 14.8. The monoisotopic (exact) mass is 305 g/mol. The Morgan fingerprint density at radius 2 is 2.19 bits per heavy atom. The highest BCUT2D eigenvalue weighted by atomic mass is 35.5. The average molecular weight is 306 g/mol. The molecule has 21 heavy (non-hydrogen) atoms. The number of halogens is 2. The van der Waals surface area contributed by atoms with E-state index in [9.17, 15) is 4.39 Å². The lowest BCUT2D eigenvalue weighted by Gasteiger charge is -2.13. The SMILES string of the molecule is CNC1CCc2c(OCc3ccc(F)c(Cl)c3)cccc21. The molecule has 0 spiro atoms. The van der Waals surface area contributed by atoms with Crippen molar-refractivity contribution in [1.29, 1.82) is 0 Å². The zero-order valence-corrected chi connectivity index (χ0v) is 12.6. The first-order valence-electron chi connectivity index (χ1n) is 7.05. The van der Waals surface area contributed by atoms with Crippen LogP contribution in [0.1, 0.15) is 29.2 Å². The van der Waals surface area contributed by atoms with Gasteiger partial charge in [0.15, 0.2) is 0 Å². The first-order valence-corrected chi connectivity index (χ1v) is 7.42. The van der Waals surface area contributed by atoms with Gasteiger partial charge in [-0.3, -0.25) is 0 Å². The predicted molar refractivity (Wildman–Crippen MR) is 82.3 cm³/mol. The van der Waals surface area contributed by atoms with Gasteiger partial charge < -0.3 is 10.1 Å². The van der Waals surface area contributed by atoms with Gasteiger partial charge >= 0.3 is 0 Å². The van der Waals surface area contributed by atoms with Crippen LogP contribution in [-0.2, 0) is 13.0 Å². The number of ether oxygens (including phenoxy) is 1. The lowest BCUT2D eigenvalue weighted by molar-refractivity contribution is 0.303. The molecule has 1 aliphatic carbocycles. The Hall–Kier alpha value is -1.58. The molecule has 0 amide bonds. The summed E-state index contributed by atoms with van der Waals surface area (Å²) in [6, 6.07) is 11.2. The van der Waals surface area contributed by atoms with Crippen LogP contribution in [0.15, 0.2) is 36.4 Å². The molecule has 2 aromatic carbocycles. The van der Waals surface area contributed by atoms with Gasteiger partial charge in [-0.05, 0) is 54.8 Å². The van der Waals surface area contributed by atoms with Gasteiger partial charge in [0.2, 0.25) is 0 Å². The van der Waals surface area contributed by atoms with Crippen molar-refractivity contribution in [3.63, 3.8) is 0 Å². The van der Waals surface area contributed by atoms with Crippen LogP contribution < -0.4 is 10.1 Å². The summed E-state index contributed by atoms with van der Waals surface area (Å²) in [6.45, 7) is 0.390. The summed E-state index contributed by atoms with van der Waals surface area (Å²) in [4.78, 5) is 0. The molecular formula is C17H17ClFNO. The average Bonchev–Trinajstić information content (AvgIpc) is 2.92. The second-order valence-electron chi connectivity index (χ2n) is 5.24. The van der Waals surface area contributed by atoms with Gasteiger partial charge in [-0.2, -0.15) is 0 Å². The van der Waals surface area contributed by atoms with Gasteiger partial charge in [-0.1, -0.05) is 29.8 Å². The van der Waals surface area contributed by atoms with E-state index in [0.717, 1.165) is 24.2 Å². The van der Waals surface area contributed by atoms with E-state index in [4.69, 9.17) is 16.3 Å². The van der Waals surface area contributed by atoms with Gasteiger partial charge in [0.05, 0.1) is 5.02 Å². The molecule has 0 bridgehead atoms. The van der Waals surface area contributed by atoms with Crippen molar-refractivity contribution in [2.75, 3.05) is 7.05 Å². The molecule has 0 fully saturated rings. The van der Waals surface area contributed by atoms with Crippen LogP contribution in [-0.4, -0.2) is 7.05 Å².